The summed E-state index contributed by atoms with van der Waals surface area (Å²) in [4.78, 5) is 4.80. The van der Waals surface area contributed by atoms with Crippen molar-refractivity contribution < 1.29 is 0 Å². The Labute approximate surface area is 476 Å². The maximum atomic E-state index is 2.44. The zero-order valence-electron chi connectivity index (χ0n) is 44.9. The van der Waals surface area contributed by atoms with E-state index in [1.54, 1.807) is 0 Å². The Morgan fingerprint density at radius 3 is 0.537 bits per heavy atom. The fraction of sp³-hybridized carbons (Fsp3) is 0. The maximum Gasteiger partial charge on any atom is 0.0540 e. The van der Waals surface area contributed by atoms with Crippen LogP contribution in [0, 0.1) is 0 Å². The molecule has 16 rings (SSSR count). The summed E-state index contributed by atoms with van der Waals surface area (Å²) >= 11 is 0. The Morgan fingerprint density at radius 1 is 0.146 bits per heavy atom. The fourth-order valence-corrected chi connectivity index (χ4v) is 13.1. The molecule has 0 fully saturated rings. The third kappa shape index (κ3) is 7.95. The highest BCUT2D eigenvalue weighted by Crippen LogP contribution is 2.50. The van der Waals surface area contributed by atoms with Gasteiger partial charge in [-0.3, -0.25) is 0 Å². The van der Waals surface area contributed by atoms with Crippen molar-refractivity contribution in [3.63, 3.8) is 0 Å². The summed E-state index contributed by atoms with van der Waals surface area (Å²) in [5, 5.41) is 19.4. The van der Waals surface area contributed by atoms with Crippen molar-refractivity contribution in [3.8, 4) is 33.4 Å². The molecule has 0 aliphatic carbocycles. The van der Waals surface area contributed by atoms with Crippen molar-refractivity contribution in [2.75, 3.05) is 9.80 Å². The molecule has 0 aliphatic rings. The summed E-state index contributed by atoms with van der Waals surface area (Å²) in [7, 11) is 0. The van der Waals surface area contributed by atoms with Gasteiger partial charge < -0.3 is 9.80 Å². The van der Waals surface area contributed by atoms with Gasteiger partial charge in [0.1, 0.15) is 0 Å². The first-order valence-corrected chi connectivity index (χ1v) is 28.3. The Morgan fingerprint density at radius 2 is 0.317 bits per heavy atom. The lowest BCUT2D eigenvalue weighted by atomic mass is 9.84. The molecule has 0 heterocycles. The van der Waals surface area contributed by atoms with Crippen molar-refractivity contribution in [1.29, 1.82) is 0 Å². The van der Waals surface area contributed by atoms with Crippen molar-refractivity contribution in [3.05, 3.63) is 315 Å². The van der Waals surface area contributed by atoms with Gasteiger partial charge in [0.2, 0.25) is 0 Å². The number of para-hydroxylation sites is 4. The molecule has 2 nitrogen and oxygen atoms in total. The molecule has 16 aromatic carbocycles. The minimum Gasteiger partial charge on any atom is -0.310 e. The monoisotopic (exact) mass is 1040 g/mol. The number of hydrogen-bond donors (Lipinski definition) is 0. The van der Waals surface area contributed by atoms with Crippen LogP contribution in [0.25, 0.3) is 120 Å². The lowest BCUT2D eigenvalue weighted by Gasteiger charge is -2.28. The molecular weight excluding hydrogens is 989 g/mol. The van der Waals surface area contributed by atoms with Gasteiger partial charge in [-0.15, -0.1) is 0 Å². The van der Waals surface area contributed by atoms with Gasteiger partial charge in [-0.2, -0.15) is 0 Å². The predicted molar refractivity (Wildman–Crippen MR) is 352 cm³/mol. The Hall–Kier alpha value is -10.8. The summed E-state index contributed by atoms with van der Waals surface area (Å²) in [5.41, 5.74) is 13.9. The molecule has 0 aliphatic heterocycles. The van der Waals surface area contributed by atoms with E-state index >= 15 is 0 Å². The molecule has 0 saturated carbocycles. The third-order valence-electron chi connectivity index (χ3n) is 16.9. The molecule has 0 bridgehead atoms. The van der Waals surface area contributed by atoms with Crippen molar-refractivity contribution in [2.45, 2.75) is 0 Å². The number of anilines is 6. The van der Waals surface area contributed by atoms with Gasteiger partial charge >= 0.3 is 0 Å². The van der Waals surface area contributed by atoms with E-state index in [1.807, 2.05) is 0 Å². The van der Waals surface area contributed by atoms with Gasteiger partial charge in [0, 0.05) is 33.5 Å². The first-order valence-electron chi connectivity index (χ1n) is 28.3. The second kappa shape index (κ2) is 19.5. The Balaban J connectivity index is 0.937. The van der Waals surface area contributed by atoms with Crippen LogP contribution >= 0.6 is 0 Å². The highest BCUT2D eigenvalue weighted by molar-refractivity contribution is 6.22. The minimum atomic E-state index is 1.11. The van der Waals surface area contributed by atoms with Crippen molar-refractivity contribution in [2.24, 2.45) is 0 Å². The predicted octanol–water partition coefficient (Wildman–Crippen LogP) is 22.9. The van der Waals surface area contributed by atoms with Gasteiger partial charge in [0.15, 0.2) is 0 Å². The normalized spacial score (nSPS) is 11.7. The van der Waals surface area contributed by atoms with Crippen LogP contribution in [0.1, 0.15) is 0 Å². The first-order chi connectivity index (χ1) is 40.7. The van der Waals surface area contributed by atoms with Gasteiger partial charge in [-0.25, -0.2) is 0 Å². The van der Waals surface area contributed by atoms with Crippen molar-refractivity contribution in [1.82, 2.24) is 0 Å². The van der Waals surface area contributed by atoms with Gasteiger partial charge in [-0.05, 0) is 218 Å². The average Bonchev–Trinajstić information content (AvgIpc) is 3.73. The summed E-state index contributed by atoms with van der Waals surface area (Å²) in [5.74, 6) is 0. The van der Waals surface area contributed by atoms with E-state index in [-0.39, 0.29) is 0 Å². The number of benzene rings is 16. The minimum absolute atomic E-state index is 1.11. The molecule has 0 saturated heterocycles. The summed E-state index contributed by atoms with van der Waals surface area (Å²) in [6.07, 6.45) is 0. The summed E-state index contributed by atoms with van der Waals surface area (Å²) in [6, 6.07) is 117. The van der Waals surface area contributed by atoms with E-state index in [1.165, 1.54) is 120 Å². The summed E-state index contributed by atoms with van der Waals surface area (Å²) < 4.78 is 0. The highest BCUT2D eigenvalue weighted by Gasteiger charge is 2.23. The van der Waals surface area contributed by atoms with Gasteiger partial charge in [0.05, 0.1) is 11.4 Å². The molecule has 2 heteroatoms. The zero-order valence-corrected chi connectivity index (χ0v) is 44.9. The Bertz CT molecular complexity index is 4740. The molecule has 0 radical (unpaired) electrons. The number of rotatable bonds is 9. The largest absolute Gasteiger partial charge is 0.310 e. The van der Waals surface area contributed by atoms with Crippen LogP contribution in [0.2, 0.25) is 0 Å². The van der Waals surface area contributed by atoms with Crippen LogP contribution in [0.5, 0.6) is 0 Å². The van der Waals surface area contributed by atoms with Crippen LogP contribution in [0.4, 0.5) is 34.1 Å². The molecule has 0 unspecified atom stereocenters. The van der Waals surface area contributed by atoms with Crippen LogP contribution in [0.3, 0.4) is 0 Å². The van der Waals surface area contributed by atoms with E-state index < -0.39 is 0 Å². The zero-order chi connectivity index (χ0) is 54.1. The molecule has 0 spiro atoms. The second-order valence-electron chi connectivity index (χ2n) is 21.6. The number of hydrogen-bond acceptors (Lipinski definition) is 2. The number of fused-ring (bicyclic) bond motifs is 8. The van der Waals surface area contributed by atoms with Crippen LogP contribution in [-0.2, 0) is 0 Å². The lowest BCUT2D eigenvalue weighted by Crippen LogP contribution is -2.10. The van der Waals surface area contributed by atoms with Gasteiger partial charge in [-0.1, -0.05) is 206 Å². The molecule has 82 heavy (non-hydrogen) atoms. The highest BCUT2D eigenvalue weighted by atomic mass is 15.1. The third-order valence-corrected chi connectivity index (χ3v) is 16.9. The van der Waals surface area contributed by atoms with Gasteiger partial charge in [0.25, 0.3) is 0 Å². The molecule has 0 amide bonds. The first kappa shape index (κ1) is 47.2. The molecule has 0 atom stereocenters. The van der Waals surface area contributed by atoms with E-state index in [4.69, 9.17) is 0 Å². The van der Waals surface area contributed by atoms with Crippen LogP contribution in [0.15, 0.2) is 315 Å². The van der Waals surface area contributed by atoms with Crippen LogP contribution in [-0.4, -0.2) is 0 Å². The summed E-state index contributed by atoms with van der Waals surface area (Å²) in [6.45, 7) is 0. The van der Waals surface area contributed by atoms with Crippen LogP contribution < -0.4 is 9.80 Å². The van der Waals surface area contributed by atoms with Crippen molar-refractivity contribution >= 4 is 120 Å². The quantitative estimate of drug-likeness (QED) is 0.133. The Kier molecular flexibility index (Phi) is 11.2. The molecule has 0 N–H and O–H groups in total. The fourth-order valence-electron chi connectivity index (χ4n) is 13.1. The average molecular weight is 1040 g/mol. The topological polar surface area (TPSA) is 6.48 Å². The molecule has 16 aromatic rings. The number of nitrogens with zero attached hydrogens (tertiary/aromatic N) is 2. The maximum absolute atomic E-state index is 2.44. The van der Waals surface area contributed by atoms with E-state index in [0.29, 0.717) is 0 Å². The smallest absolute Gasteiger partial charge is 0.0540 e. The standard InChI is InChI=1S/C80H52N2/c1-5-29-61(30-6-1)81(62-31-7-2-8-32-62)79-43-41-69(75-49-57-25-17-19-27-59(57)51-77(75)79)67-39-37-65(71-45-53-21-13-15-23-55(53)47-73(67)71)66-38-40-68(74-48-56-24-16-14-22-54(56)46-72(66)74)70-42-44-80(78-52-60-28-20-18-26-58(60)50-76(70)78)82(63-33-9-3-10-34-63)64-35-11-4-12-36-64/h1-52H. The van der Waals surface area contributed by atoms with E-state index in [9.17, 15) is 0 Å². The molecular formula is C80H52N2. The molecule has 382 valence electrons. The van der Waals surface area contributed by atoms with E-state index in [0.717, 1.165) is 34.1 Å². The molecule has 0 aromatic heterocycles. The SMILES string of the molecule is c1ccc(N(c2ccccc2)c2ccc(-c3ccc(-c4ccc(-c5ccc(N(c6ccccc6)c6ccccc6)c6cc7ccccc7cc56)c5cc6ccccc6cc45)c4cc5ccccc5cc34)c3cc4ccccc4cc23)cc1. The second-order valence-corrected chi connectivity index (χ2v) is 21.6. The lowest BCUT2D eigenvalue weighted by molar-refractivity contribution is 1.30. The van der Waals surface area contributed by atoms with E-state index in [2.05, 4.69) is 325 Å².